The van der Waals surface area contributed by atoms with Crippen molar-refractivity contribution in [3.63, 3.8) is 0 Å². The van der Waals surface area contributed by atoms with E-state index < -0.39 is 11.4 Å². The van der Waals surface area contributed by atoms with Gasteiger partial charge >= 0.3 is 0 Å². The van der Waals surface area contributed by atoms with E-state index in [0.29, 0.717) is 25.0 Å². The van der Waals surface area contributed by atoms with Crippen molar-refractivity contribution in [2.75, 3.05) is 6.61 Å². The molecule has 0 heterocycles. The number of rotatable bonds is 6. The fourth-order valence-electron chi connectivity index (χ4n) is 2.01. The topological polar surface area (TPSA) is 26.3 Å². The fourth-order valence-corrected chi connectivity index (χ4v) is 2.01. The zero-order chi connectivity index (χ0) is 12.9. The van der Waals surface area contributed by atoms with E-state index in [1.165, 1.54) is 12.1 Å². The SMILES string of the molecule is CCOC(CC)(CC)C(=O)c1cccc(F)c1. The Labute approximate surface area is 102 Å². The summed E-state index contributed by atoms with van der Waals surface area (Å²) in [4.78, 5) is 12.4. The van der Waals surface area contributed by atoms with Crippen LogP contribution in [0.1, 0.15) is 44.0 Å². The van der Waals surface area contributed by atoms with Gasteiger partial charge in [0, 0.05) is 12.2 Å². The van der Waals surface area contributed by atoms with Crippen LogP contribution in [0.15, 0.2) is 24.3 Å². The van der Waals surface area contributed by atoms with Crippen molar-refractivity contribution in [2.45, 2.75) is 39.2 Å². The summed E-state index contributed by atoms with van der Waals surface area (Å²) in [6, 6.07) is 5.77. The van der Waals surface area contributed by atoms with Crippen molar-refractivity contribution in [3.05, 3.63) is 35.6 Å². The second kappa shape index (κ2) is 5.92. The molecule has 2 nitrogen and oxygen atoms in total. The summed E-state index contributed by atoms with van der Waals surface area (Å²) < 4.78 is 18.7. The molecule has 94 valence electrons. The summed E-state index contributed by atoms with van der Waals surface area (Å²) in [6.07, 6.45) is 1.18. The Morgan fingerprint density at radius 1 is 1.29 bits per heavy atom. The van der Waals surface area contributed by atoms with Crippen LogP contribution in [-0.2, 0) is 4.74 Å². The van der Waals surface area contributed by atoms with Gasteiger partial charge in [-0.3, -0.25) is 4.79 Å². The van der Waals surface area contributed by atoms with Crippen LogP contribution in [0.3, 0.4) is 0 Å². The van der Waals surface area contributed by atoms with Gasteiger partial charge < -0.3 is 4.74 Å². The molecule has 1 rings (SSSR count). The number of ether oxygens (including phenoxy) is 1. The Morgan fingerprint density at radius 3 is 2.41 bits per heavy atom. The number of halogens is 1. The van der Waals surface area contributed by atoms with E-state index in [9.17, 15) is 9.18 Å². The molecule has 0 bridgehead atoms. The van der Waals surface area contributed by atoms with E-state index in [0.717, 1.165) is 0 Å². The van der Waals surface area contributed by atoms with Gasteiger partial charge in [-0.15, -0.1) is 0 Å². The average Bonchev–Trinajstić information content (AvgIpc) is 2.35. The maximum absolute atomic E-state index is 13.1. The largest absolute Gasteiger partial charge is 0.367 e. The third-order valence-corrected chi connectivity index (χ3v) is 3.06. The lowest BCUT2D eigenvalue weighted by Crippen LogP contribution is -2.40. The lowest BCUT2D eigenvalue weighted by atomic mass is 9.87. The van der Waals surface area contributed by atoms with Gasteiger partial charge in [-0.2, -0.15) is 0 Å². The maximum atomic E-state index is 13.1. The summed E-state index contributed by atoms with van der Waals surface area (Å²) in [5.74, 6) is -0.530. The van der Waals surface area contributed by atoms with E-state index in [1.54, 1.807) is 12.1 Å². The number of ketones is 1. The maximum Gasteiger partial charge on any atom is 0.194 e. The predicted molar refractivity (Wildman–Crippen MR) is 65.7 cm³/mol. The Balaban J connectivity index is 3.07. The van der Waals surface area contributed by atoms with E-state index in [-0.39, 0.29) is 5.78 Å². The Kier molecular flexibility index (Phi) is 4.82. The standard InChI is InChI=1S/C14H19FO2/c1-4-14(5-2,17-6-3)13(16)11-8-7-9-12(15)10-11/h7-10H,4-6H2,1-3H3. The molecule has 0 fully saturated rings. The molecule has 0 amide bonds. The molecular weight excluding hydrogens is 219 g/mol. The van der Waals surface area contributed by atoms with Crippen LogP contribution in [-0.4, -0.2) is 18.0 Å². The third kappa shape index (κ3) is 2.91. The second-order valence-electron chi connectivity index (χ2n) is 3.97. The Hall–Kier alpha value is -1.22. The number of carbonyl (C=O) groups excluding carboxylic acids is 1. The smallest absolute Gasteiger partial charge is 0.194 e. The zero-order valence-electron chi connectivity index (χ0n) is 10.6. The van der Waals surface area contributed by atoms with E-state index in [4.69, 9.17) is 4.74 Å². The molecule has 0 aliphatic rings. The summed E-state index contributed by atoms with van der Waals surface area (Å²) in [7, 11) is 0. The number of hydrogen-bond donors (Lipinski definition) is 0. The van der Waals surface area contributed by atoms with Gasteiger partial charge in [-0.05, 0) is 31.9 Å². The minimum atomic E-state index is -0.817. The molecule has 0 aliphatic carbocycles. The van der Waals surface area contributed by atoms with Crippen molar-refractivity contribution < 1.29 is 13.9 Å². The summed E-state index contributed by atoms with van der Waals surface area (Å²) in [5.41, 5.74) is -0.440. The summed E-state index contributed by atoms with van der Waals surface area (Å²) >= 11 is 0. The molecule has 3 heteroatoms. The molecule has 0 radical (unpaired) electrons. The van der Waals surface area contributed by atoms with Gasteiger partial charge in [0.15, 0.2) is 5.78 Å². The number of hydrogen-bond acceptors (Lipinski definition) is 2. The Morgan fingerprint density at radius 2 is 1.94 bits per heavy atom. The first-order valence-corrected chi connectivity index (χ1v) is 6.04. The lowest BCUT2D eigenvalue weighted by molar-refractivity contribution is -0.0250. The molecule has 17 heavy (non-hydrogen) atoms. The molecule has 0 spiro atoms. The highest BCUT2D eigenvalue weighted by Gasteiger charge is 2.36. The van der Waals surface area contributed by atoms with Crippen molar-refractivity contribution >= 4 is 5.78 Å². The van der Waals surface area contributed by atoms with Gasteiger partial charge in [-0.1, -0.05) is 26.0 Å². The number of benzene rings is 1. The average molecular weight is 238 g/mol. The van der Waals surface area contributed by atoms with E-state index in [2.05, 4.69) is 0 Å². The van der Waals surface area contributed by atoms with Crippen molar-refractivity contribution in [1.29, 1.82) is 0 Å². The lowest BCUT2D eigenvalue weighted by Gasteiger charge is -2.30. The third-order valence-electron chi connectivity index (χ3n) is 3.06. The zero-order valence-corrected chi connectivity index (χ0v) is 10.6. The van der Waals surface area contributed by atoms with Crippen molar-refractivity contribution in [2.24, 2.45) is 0 Å². The molecule has 0 atom stereocenters. The molecule has 0 aliphatic heterocycles. The monoisotopic (exact) mass is 238 g/mol. The van der Waals surface area contributed by atoms with E-state index in [1.807, 2.05) is 20.8 Å². The highest BCUT2D eigenvalue weighted by Crippen LogP contribution is 2.26. The van der Waals surface area contributed by atoms with Crippen molar-refractivity contribution in [1.82, 2.24) is 0 Å². The van der Waals surface area contributed by atoms with Crippen LogP contribution in [0.25, 0.3) is 0 Å². The number of Topliss-reactive ketones (excluding diaryl/α,β-unsaturated/α-hetero) is 1. The van der Waals surface area contributed by atoms with Gasteiger partial charge in [0.2, 0.25) is 0 Å². The minimum Gasteiger partial charge on any atom is -0.367 e. The molecule has 1 aromatic rings. The van der Waals surface area contributed by atoms with Crippen LogP contribution in [0.5, 0.6) is 0 Å². The fraction of sp³-hybridized carbons (Fsp3) is 0.500. The first-order valence-electron chi connectivity index (χ1n) is 6.04. The van der Waals surface area contributed by atoms with Gasteiger partial charge in [0.25, 0.3) is 0 Å². The molecule has 0 aromatic heterocycles. The van der Waals surface area contributed by atoms with Crippen LogP contribution in [0.2, 0.25) is 0 Å². The molecule has 0 N–H and O–H groups in total. The molecule has 0 saturated carbocycles. The first-order chi connectivity index (χ1) is 8.09. The van der Waals surface area contributed by atoms with Gasteiger partial charge in [0.05, 0.1) is 0 Å². The second-order valence-corrected chi connectivity index (χ2v) is 3.97. The van der Waals surface area contributed by atoms with E-state index >= 15 is 0 Å². The Bertz CT molecular complexity index is 384. The van der Waals surface area contributed by atoms with Crippen LogP contribution >= 0.6 is 0 Å². The van der Waals surface area contributed by atoms with Gasteiger partial charge in [-0.25, -0.2) is 4.39 Å². The minimum absolute atomic E-state index is 0.135. The van der Waals surface area contributed by atoms with Crippen LogP contribution in [0.4, 0.5) is 4.39 Å². The molecular formula is C14H19FO2. The highest BCUT2D eigenvalue weighted by molar-refractivity contribution is 6.02. The summed E-state index contributed by atoms with van der Waals surface area (Å²) in [6.45, 7) is 6.16. The van der Waals surface area contributed by atoms with Gasteiger partial charge in [0.1, 0.15) is 11.4 Å². The normalized spacial score (nSPS) is 11.5. The van der Waals surface area contributed by atoms with Crippen LogP contribution in [0, 0.1) is 5.82 Å². The molecule has 0 saturated heterocycles. The molecule has 0 unspecified atom stereocenters. The highest BCUT2D eigenvalue weighted by atomic mass is 19.1. The van der Waals surface area contributed by atoms with Crippen molar-refractivity contribution in [3.8, 4) is 0 Å². The predicted octanol–water partition coefficient (Wildman–Crippen LogP) is 3.60. The summed E-state index contributed by atoms with van der Waals surface area (Å²) in [5, 5.41) is 0. The first kappa shape index (κ1) is 13.8. The number of carbonyl (C=O) groups is 1. The molecule has 1 aromatic carbocycles. The van der Waals surface area contributed by atoms with Crippen LogP contribution < -0.4 is 0 Å². The quantitative estimate of drug-likeness (QED) is 0.708.